The predicted octanol–water partition coefficient (Wildman–Crippen LogP) is 3.92. The standard InChI is InChI=1S/C21H24N2O3/c1-15-11-12-17(14-19(15)23-13-7-6-10-20(23)24)22-21(25)16(2)26-18-8-4-3-5-9-18/h3-5,8-9,11-12,14,16H,6-7,10,13H2,1-2H3,(H,22,25). The van der Waals surface area contributed by atoms with E-state index >= 15 is 0 Å². The number of nitrogens with one attached hydrogen (secondary N) is 1. The molecule has 5 heteroatoms. The van der Waals surface area contributed by atoms with E-state index in [-0.39, 0.29) is 11.8 Å². The van der Waals surface area contributed by atoms with Gasteiger partial charge in [0.15, 0.2) is 6.10 Å². The zero-order valence-electron chi connectivity index (χ0n) is 15.2. The number of carbonyl (C=O) groups is 2. The van der Waals surface area contributed by atoms with Crippen molar-refractivity contribution in [1.82, 2.24) is 0 Å². The van der Waals surface area contributed by atoms with E-state index in [1.807, 2.05) is 60.4 Å². The van der Waals surface area contributed by atoms with Crippen molar-refractivity contribution in [3.8, 4) is 5.75 Å². The SMILES string of the molecule is Cc1ccc(NC(=O)C(C)Oc2ccccc2)cc1N1CCCCC1=O. The number of amides is 2. The number of para-hydroxylation sites is 1. The maximum absolute atomic E-state index is 12.4. The molecule has 1 saturated heterocycles. The Bertz CT molecular complexity index is 789. The molecule has 1 unspecified atom stereocenters. The zero-order chi connectivity index (χ0) is 18.5. The fraction of sp³-hybridized carbons (Fsp3) is 0.333. The van der Waals surface area contributed by atoms with Gasteiger partial charge in [-0.25, -0.2) is 0 Å². The van der Waals surface area contributed by atoms with Gasteiger partial charge < -0.3 is 15.0 Å². The van der Waals surface area contributed by atoms with Gasteiger partial charge in [-0.05, 0) is 56.5 Å². The van der Waals surface area contributed by atoms with Crippen LogP contribution in [-0.2, 0) is 9.59 Å². The van der Waals surface area contributed by atoms with Crippen LogP contribution in [0.1, 0.15) is 31.7 Å². The van der Waals surface area contributed by atoms with Crippen LogP contribution in [0.2, 0.25) is 0 Å². The number of hydrogen-bond donors (Lipinski definition) is 1. The first-order valence-electron chi connectivity index (χ1n) is 8.98. The molecule has 1 aliphatic heterocycles. The van der Waals surface area contributed by atoms with Crippen LogP contribution < -0.4 is 15.0 Å². The van der Waals surface area contributed by atoms with Crippen molar-refractivity contribution >= 4 is 23.2 Å². The van der Waals surface area contributed by atoms with Crippen LogP contribution in [0.4, 0.5) is 11.4 Å². The van der Waals surface area contributed by atoms with Crippen molar-refractivity contribution in [2.75, 3.05) is 16.8 Å². The van der Waals surface area contributed by atoms with E-state index in [0.717, 1.165) is 30.6 Å². The van der Waals surface area contributed by atoms with Crippen LogP contribution in [0, 0.1) is 6.92 Å². The molecule has 0 spiro atoms. The van der Waals surface area contributed by atoms with E-state index in [1.165, 1.54) is 0 Å². The number of aryl methyl sites for hydroxylation is 1. The molecule has 0 saturated carbocycles. The predicted molar refractivity (Wildman–Crippen MR) is 103 cm³/mol. The van der Waals surface area contributed by atoms with Gasteiger partial charge in [-0.2, -0.15) is 0 Å². The minimum Gasteiger partial charge on any atom is -0.481 e. The normalized spacial score (nSPS) is 15.5. The third-order valence-corrected chi connectivity index (χ3v) is 4.52. The first kappa shape index (κ1) is 18.0. The Balaban J connectivity index is 1.70. The molecular formula is C21H24N2O3. The highest BCUT2D eigenvalue weighted by molar-refractivity contribution is 5.97. The highest BCUT2D eigenvalue weighted by Crippen LogP contribution is 2.28. The molecule has 0 aromatic heterocycles. The number of anilines is 2. The Morgan fingerprint density at radius 2 is 1.92 bits per heavy atom. The molecule has 1 heterocycles. The summed E-state index contributed by atoms with van der Waals surface area (Å²) in [6.45, 7) is 4.42. The maximum atomic E-state index is 12.4. The van der Waals surface area contributed by atoms with Crippen molar-refractivity contribution in [3.63, 3.8) is 0 Å². The molecule has 1 fully saturated rings. The highest BCUT2D eigenvalue weighted by Gasteiger charge is 2.22. The summed E-state index contributed by atoms with van der Waals surface area (Å²) in [4.78, 5) is 26.5. The van der Waals surface area contributed by atoms with Crippen LogP contribution in [0.25, 0.3) is 0 Å². The molecule has 1 aliphatic rings. The summed E-state index contributed by atoms with van der Waals surface area (Å²) in [7, 11) is 0. The summed E-state index contributed by atoms with van der Waals surface area (Å²) in [5, 5.41) is 2.88. The molecular weight excluding hydrogens is 328 g/mol. The van der Waals surface area contributed by atoms with Crippen LogP contribution in [0.15, 0.2) is 48.5 Å². The minimum atomic E-state index is -0.626. The van der Waals surface area contributed by atoms with E-state index in [2.05, 4.69) is 5.32 Å². The van der Waals surface area contributed by atoms with Crippen LogP contribution in [0.3, 0.4) is 0 Å². The Kier molecular flexibility index (Phi) is 5.56. The molecule has 2 amide bonds. The van der Waals surface area contributed by atoms with Crippen molar-refractivity contribution < 1.29 is 14.3 Å². The molecule has 0 bridgehead atoms. The molecule has 26 heavy (non-hydrogen) atoms. The molecule has 0 aliphatic carbocycles. The lowest BCUT2D eigenvalue weighted by atomic mass is 10.1. The lowest BCUT2D eigenvalue weighted by molar-refractivity contribution is -0.122. The van der Waals surface area contributed by atoms with Crippen LogP contribution in [0.5, 0.6) is 5.75 Å². The third kappa shape index (κ3) is 4.23. The molecule has 2 aromatic carbocycles. The number of benzene rings is 2. The van der Waals surface area contributed by atoms with Gasteiger partial charge in [0, 0.05) is 24.3 Å². The molecule has 3 rings (SSSR count). The minimum absolute atomic E-state index is 0.142. The number of ether oxygens (including phenoxy) is 1. The van der Waals surface area contributed by atoms with Gasteiger partial charge in [0.2, 0.25) is 5.91 Å². The first-order chi connectivity index (χ1) is 12.5. The Morgan fingerprint density at radius 3 is 2.65 bits per heavy atom. The monoisotopic (exact) mass is 352 g/mol. The van der Waals surface area contributed by atoms with Gasteiger partial charge in [0.05, 0.1) is 0 Å². The summed E-state index contributed by atoms with van der Waals surface area (Å²) in [6, 6.07) is 14.9. The second kappa shape index (κ2) is 8.04. The van der Waals surface area contributed by atoms with Crippen molar-refractivity contribution in [3.05, 3.63) is 54.1 Å². The molecule has 1 atom stereocenters. The van der Waals surface area contributed by atoms with E-state index in [9.17, 15) is 9.59 Å². The number of nitrogens with zero attached hydrogens (tertiary/aromatic N) is 1. The van der Waals surface area contributed by atoms with Gasteiger partial charge in [-0.1, -0.05) is 24.3 Å². The maximum Gasteiger partial charge on any atom is 0.265 e. The fourth-order valence-corrected chi connectivity index (χ4v) is 3.04. The quantitative estimate of drug-likeness (QED) is 0.887. The Morgan fingerprint density at radius 1 is 1.15 bits per heavy atom. The first-order valence-corrected chi connectivity index (χ1v) is 8.98. The molecule has 136 valence electrons. The summed E-state index contributed by atoms with van der Waals surface area (Å²) >= 11 is 0. The van der Waals surface area contributed by atoms with E-state index in [4.69, 9.17) is 4.74 Å². The number of rotatable bonds is 5. The van der Waals surface area contributed by atoms with Gasteiger partial charge in [-0.15, -0.1) is 0 Å². The van der Waals surface area contributed by atoms with Gasteiger partial charge in [0.1, 0.15) is 5.75 Å². The summed E-state index contributed by atoms with van der Waals surface area (Å²) < 4.78 is 5.66. The zero-order valence-corrected chi connectivity index (χ0v) is 15.2. The number of hydrogen-bond acceptors (Lipinski definition) is 3. The molecule has 5 nitrogen and oxygen atoms in total. The topological polar surface area (TPSA) is 58.6 Å². The smallest absolute Gasteiger partial charge is 0.265 e. The number of carbonyl (C=O) groups excluding carboxylic acids is 2. The van der Waals surface area contributed by atoms with Gasteiger partial charge in [0.25, 0.3) is 5.91 Å². The van der Waals surface area contributed by atoms with E-state index in [0.29, 0.717) is 17.9 Å². The molecule has 1 N–H and O–H groups in total. The summed E-state index contributed by atoms with van der Waals surface area (Å²) in [5.74, 6) is 0.566. The van der Waals surface area contributed by atoms with Crippen molar-refractivity contribution in [1.29, 1.82) is 0 Å². The summed E-state index contributed by atoms with van der Waals surface area (Å²) in [6.07, 6.45) is 1.90. The van der Waals surface area contributed by atoms with Crippen LogP contribution >= 0.6 is 0 Å². The fourth-order valence-electron chi connectivity index (χ4n) is 3.04. The Labute approximate surface area is 154 Å². The lowest BCUT2D eigenvalue weighted by Gasteiger charge is -2.28. The van der Waals surface area contributed by atoms with E-state index in [1.54, 1.807) is 6.92 Å². The van der Waals surface area contributed by atoms with Crippen LogP contribution in [-0.4, -0.2) is 24.5 Å². The molecule has 0 radical (unpaired) electrons. The third-order valence-electron chi connectivity index (χ3n) is 4.52. The van der Waals surface area contributed by atoms with E-state index < -0.39 is 6.10 Å². The lowest BCUT2D eigenvalue weighted by Crippen LogP contribution is -2.35. The highest BCUT2D eigenvalue weighted by atomic mass is 16.5. The van der Waals surface area contributed by atoms with Gasteiger partial charge in [-0.3, -0.25) is 9.59 Å². The average molecular weight is 352 g/mol. The largest absolute Gasteiger partial charge is 0.481 e. The number of piperidine rings is 1. The summed E-state index contributed by atoms with van der Waals surface area (Å²) in [5.41, 5.74) is 2.55. The van der Waals surface area contributed by atoms with Gasteiger partial charge >= 0.3 is 0 Å². The molecule has 2 aromatic rings. The average Bonchev–Trinajstić information content (AvgIpc) is 2.64. The second-order valence-corrected chi connectivity index (χ2v) is 6.57. The Hall–Kier alpha value is -2.82. The van der Waals surface area contributed by atoms with Crippen molar-refractivity contribution in [2.24, 2.45) is 0 Å². The second-order valence-electron chi connectivity index (χ2n) is 6.57. The van der Waals surface area contributed by atoms with Crippen molar-refractivity contribution in [2.45, 2.75) is 39.2 Å².